The van der Waals surface area contributed by atoms with Crippen molar-refractivity contribution in [1.82, 2.24) is 5.43 Å². The number of benzene rings is 2. The van der Waals surface area contributed by atoms with Crippen molar-refractivity contribution in [2.45, 2.75) is 13.8 Å². The first-order chi connectivity index (χ1) is 10.1. The van der Waals surface area contributed by atoms with Gasteiger partial charge in [-0.05, 0) is 60.9 Å². The highest BCUT2D eigenvalue weighted by atomic mass is 16.5. The van der Waals surface area contributed by atoms with Crippen LogP contribution in [-0.2, 0) is 0 Å². The number of amides is 2. The Morgan fingerprint density at radius 2 is 1.90 bits per heavy atom. The van der Waals surface area contributed by atoms with Crippen LogP contribution in [0.5, 0.6) is 11.5 Å². The molecule has 0 spiro atoms. The fourth-order valence-corrected chi connectivity index (χ4v) is 1.75. The molecule has 0 bridgehead atoms. The molecule has 108 valence electrons. The number of hydrogen-bond acceptors (Lipinski definition) is 3. The topological polar surface area (TPSA) is 76.7 Å². The summed E-state index contributed by atoms with van der Waals surface area (Å²) in [7, 11) is 0. The molecule has 0 aliphatic rings. The van der Waals surface area contributed by atoms with Crippen molar-refractivity contribution in [3.63, 3.8) is 0 Å². The first-order valence-electron chi connectivity index (χ1n) is 6.49. The number of nitrogens with one attached hydrogen (secondary N) is 1. The number of ether oxygens (including phenoxy) is 1. The molecule has 5 heteroatoms. The van der Waals surface area contributed by atoms with Crippen LogP contribution in [0.3, 0.4) is 0 Å². The summed E-state index contributed by atoms with van der Waals surface area (Å²) in [6.45, 7) is 4.08. The van der Waals surface area contributed by atoms with Gasteiger partial charge >= 0.3 is 6.03 Å². The summed E-state index contributed by atoms with van der Waals surface area (Å²) in [6, 6.07) is 12.6. The maximum atomic E-state index is 10.5. The molecule has 0 aromatic heterocycles. The first kappa shape index (κ1) is 14.6. The number of aryl methyl sites for hydroxylation is 1. The van der Waals surface area contributed by atoms with Crippen LogP contribution in [0.4, 0.5) is 4.79 Å². The summed E-state index contributed by atoms with van der Waals surface area (Å²) in [5, 5.41) is 3.69. The van der Waals surface area contributed by atoms with Gasteiger partial charge in [0.1, 0.15) is 11.5 Å². The molecule has 0 unspecified atom stereocenters. The van der Waals surface area contributed by atoms with Gasteiger partial charge in [-0.15, -0.1) is 0 Å². The molecule has 0 atom stereocenters. The van der Waals surface area contributed by atoms with E-state index in [1.54, 1.807) is 0 Å². The van der Waals surface area contributed by atoms with Crippen LogP contribution in [0.2, 0.25) is 0 Å². The van der Waals surface area contributed by atoms with Gasteiger partial charge in [0.15, 0.2) is 0 Å². The summed E-state index contributed by atoms with van der Waals surface area (Å²) >= 11 is 0. The van der Waals surface area contributed by atoms with E-state index in [2.05, 4.69) is 10.5 Å². The summed E-state index contributed by atoms with van der Waals surface area (Å²) in [4.78, 5) is 10.5. The number of urea groups is 1. The van der Waals surface area contributed by atoms with Crippen LogP contribution in [-0.4, -0.2) is 12.2 Å². The monoisotopic (exact) mass is 283 g/mol. The Kier molecular flexibility index (Phi) is 4.56. The smallest absolute Gasteiger partial charge is 0.332 e. The average Bonchev–Trinajstić information content (AvgIpc) is 2.45. The van der Waals surface area contributed by atoms with E-state index >= 15 is 0 Å². The molecule has 2 rings (SSSR count). The third-order valence-electron chi connectivity index (χ3n) is 3.05. The van der Waals surface area contributed by atoms with Gasteiger partial charge in [-0.1, -0.05) is 12.1 Å². The summed E-state index contributed by atoms with van der Waals surface area (Å²) in [5.41, 5.74) is 10.2. The highest BCUT2D eigenvalue weighted by Crippen LogP contribution is 2.26. The summed E-state index contributed by atoms with van der Waals surface area (Å²) in [6.07, 6.45) is 1.51. The van der Waals surface area contributed by atoms with Crippen molar-refractivity contribution < 1.29 is 9.53 Å². The van der Waals surface area contributed by atoms with E-state index in [9.17, 15) is 4.79 Å². The standard InChI is InChI=1S/C16H17N3O2/c1-11-4-3-5-15(12(11)2)21-14-8-6-13(7-9-14)10-18-19-16(17)20/h3-10H,1-2H3,(H3,17,19,20)/b18-10+. The van der Waals surface area contributed by atoms with Crippen molar-refractivity contribution in [1.29, 1.82) is 0 Å². The van der Waals surface area contributed by atoms with Gasteiger partial charge in [-0.3, -0.25) is 0 Å². The number of carbonyl (C=O) groups is 1. The van der Waals surface area contributed by atoms with E-state index in [1.807, 2.05) is 56.3 Å². The molecule has 0 aliphatic heterocycles. The molecule has 0 aliphatic carbocycles. The zero-order valence-corrected chi connectivity index (χ0v) is 12.0. The van der Waals surface area contributed by atoms with Crippen LogP contribution < -0.4 is 15.9 Å². The number of nitrogens with zero attached hydrogens (tertiary/aromatic N) is 1. The number of carbonyl (C=O) groups excluding carboxylic acids is 1. The zero-order valence-electron chi connectivity index (χ0n) is 12.0. The largest absolute Gasteiger partial charge is 0.457 e. The van der Waals surface area contributed by atoms with Gasteiger partial charge in [0, 0.05) is 0 Å². The fourth-order valence-electron chi connectivity index (χ4n) is 1.75. The van der Waals surface area contributed by atoms with Crippen molar-refractivity contribution >= 4 is 12.2 Å². The molecule has 0 saturated heterocycles. The van der Waals surface area contributed by atoms with Gasteiger partial charge in [-0.2, -0.15) is 5.10 Å². The van der Waals surface area contributed by atoms with E-state index in [-0.39, 0.29) is 0 Å². The summed E-state index contributed by atoms with van der Waals surface area (Å²) < 4.78 is 5.85. The van der Waals surface area contributed by atoms with Gasteiger partial charge < -0.3 is 10.5 Å². The molecule has 2 aromatic rings. The lowest BCUT2D eigenvalue weighted by atomic mass is 10.1. The Balaban J connectivity index is 2.07. The third-order valence-corrected chi connectivity index (χ3v) is 3.05. The van der Waals surface area contributed by atoms with E-state index in [0.717, 1.165) is 22.6 Å². The Morgan fingerprint density at radius 3 is 2.57 bits per heavy atom. The molecule has 21 heavy (non-hydrogen) atoms. The molecule has 3 N–H and O–H groups in total. The van der Waals surface area contributed by atoms with E-state index < -0.39 is 6.03 Å². The maximum absolute atomic E-state index is 10.5. The Labute approximate surface area is 123 Å². The number of hydrogen-bond donors (Lipinski definition) is 2. The molecule has 2 amide bonds. The SMILES string of the molecule is Cc1cccc(Oc2ccc(/C=N/NC(N)=O)cc2)c1C. The third kappa shape index (κ3) is 4.07. The molecule has 0 radical (unpaired) electrons. The number of primary amides is 1. The van der Waals surface area contributed by atoms with E-state index in [0.29, 0.717) is 0 Å². The van der Waals surface area contributed by atoms with E-state index in [1.165, 1.54) is 11.8 Å². The van der Waals surface area contributed by atoms with Gasteiger partial charge in [0.05, 0.1) is 6.21 Å². The molecular weight excluding hydrogens is 266 g/mol. The van der Waals surface area contributed by atoms with Gasteiger partial charge in [0.25, 0.3) is 0 Å². The number of hydrazone groups is 1. The van der Waals surface area contributed by atoms with Crippen molar-refractivity contribution in [2.24, 2.45) is 10.8 Å². The highest BCUT2D eigenvalue weighted by molar-refractivity contribution is 5.81. The Hall–Kier alpha value is -2.82. The second kappa shape index (κ2) is 6.56. The minimum atomic E-state index is -0.693. The zero-order chi connectivity index (χ0) is 15.2. The Morgan fingerprint density at radius 1 is 1.19 bits per heavy atom. The molecule has 0 saturated carbocycles. The van der Waals surface area contributed by atoms with E-state index in [4.69, 9.17) is 10.5 Å². The first-order valence-corrected chi connectivity index (χ1v) is 6.49. The van der Waals surface area contributed by atoms with Crippen molar-refractivity contribution in [3.05, 3.63) is 59.2 Å². The van der Waals surface area contributed by atoms with Crippen molar-refractivity contribution in [2.75, 3.05) is 0 Å². The van der Waals surface area contributed by atoms with Crippen molar-refractivity contribution in [3.8, 4) is 11.5 Å². The lowest BCUT2D eigenvalue weighted by Gasteiger charge is -2.10. The normalized spacial score (nSPS) is 10.6. The molecular formula is C16H17N3O2. The summed E-state index contributed by atoms with van der Waals surface area (Å²) in [5.74, 6) is 1.58. The molecule has 0 fully saturated rings. The lowest BCUT2D eigenvalue weighted by molar-refractivity contribution is 0.249. The second-order valence-corrected chi connectivity index (χ2v) is 4.60. The van der Waals surface area contributed by atoms with Gasteiger partial charge in [-0.25, -0.2) is 10.2 Å². The number of nitrogens with two attached hydrogens (primary N) is 1. The average molecular weight is 283 g/mol. The van der Waals surface area contributed by atoms with Crippen LogP contribution >= 0.6 is 0 Å². The molecule has 0 heterocycles. The predicted octanol–water partition coefficient (Wildman–Crippen LogP) is 3.10. The van der Waals surface area contributed by atoms with Crippen LogP contribution in [0.1, 0.15) is 16.7 Å². The van der Waals surface area contributed by atoms with Gasteiger partial charge in [0.2, 0.25) is 0 Å². The van der Waals surface area contributed by atoms with Crippen LogP contribution in [0, 0.1) is 13.8 Å². The number of rotatable bonds is 4. The van der Waals surface area contributed by atoms with Crippen LogP contribution in [0.25, 0.3) is 0 Å². The fraction of sp³-hybridized carbons (Fsp3) is 0.125. The quantitative estimate of drug-likeness (QED) is 0.668. The molecule has 2 aromatic carbocycles. The van der Waals surface area contributed by atoms with Crippen LogP contribution in [0.15, 0.2) is 47.6 Å². The minimum absolute atomic E-state index is 0.693. The molecule has 5 nitrogen and oxygen atoms in total. The highest BCUT2D eigenvalue weighted by Gasteiger charge is 2.03. The lowest BCUT2D eigenvalue weighted by Crippen LogP contribution is -2.24. The predicted molar refractivity (Wildman–Crippen MR) is 82.7 cm³/mol. The minimum Gasteiger partial charge on any atom is -0.457 e. The second-order valence-electron chi connectivity index (χ2n) is 4.60. The Bertz CT molecular complexity index is 664. The maximum Gasteiger partial charge on any atom is 0.332 e.